The molecule has 0 unspecified atom stereocenters. The fourth-order valence-corrected chi connectivity index (χ4v) is 6.18. The summed E-state index contributed by atoms with van der Waals surface area (Å²) in [5.74, 6) is -1.69. The van der Waals surface area contributed by atoms with Crippen LogP contribution in [0.5, 0.6) is 0 Å². The van der Waals surface area contributed by atoms with E-state index in [1.54, 1.807) is 7.11 Å². The van der Waals surface area contributed by atoms with Gasteiger partial charge in [0.25, 0.3) is 0 Å². The fraction of sp³-hybridized carbons (Fsp3) is 0.500. The first-order chi connectivity index (χ1) is 19.1. The Balaban J connectivity index is 0.00000215. The van der Waals surface area contributed by atoms with Crippen LogP contribution >= 0.6 is 48.6 Å². The summed E-state index contributed by atoms with van der Waals surface area (Å²) < 4.78 is 75.7. The van der Waals surface area contributed by atoms with Crippen molar-refractivity contribution in [1.82, 2.24) is 25.2 Å². The molecule has 2 atom stereocenters. The predicted molar refractivity (Wildman–Crippen MR) is 165 cm³/mol. The van der Waals surface area contributed by atoms with Crippen molar-refractivity contribution < 1.29 is 26.7 Å². The molecule has 17 heteroatoms. The molecule has 2 aliphatic heterocycles. The molecule has 2 N–H and O–H groups in total. The average Bonchev–Trinajstić information content (AvgIpc) is 3.51. The van der Waals surface area contributed by atoms with Crippen LogP contribution < -0.4 is 15.5 Å². The summed E-state index contributed by atoms with van der Waals surface area (Å²) in [7, 11) is 1.58. The molecule has 0 radical (unpaired) electrons. The van der Waals surface area contributed by atoms with Crippen LogP contribution in [0.4, 0.5) is 38.7 Å². The molecule has 240 valence electrons. The molecule has 4 heterocycles. The maximum Gasteiger partial charge on any atom is 0.416 e. The first kappa shape index (κ1) is 37.1. The largest absolute Gasteiger partial charge is 0.416 e. The van der Waals surface area contributed by atoms with Gasteiger partial charge in [-0.2, -0.15) is 17.6 Å². The van der Waals surface area contributed by atoms with Crippen molar-refractivity contribution in [3.05, 3.63) is 46.6 Å². The van der Waals surface area contributed by atoms with E-state index < -0.39 is 23.4 Å². The lowest BCUT2D eigenvalue weighted by molar-refractivity contribution is -0.137. The van der Waals surface area contributed by atoms with Gasteiger partial charge in [-0.05, 0) is 44.5 Å². The Kier molecular flexibility index (Phi) is 13.6. The minimum atomic E-state index is -4.72. The van der Waals surface area contributed by atoms with Crippen LogP contribution in [-0.4, -0.2) is 71.8 Å². The van der Waals surface area contributed by atoms with E-state index in [9.17, 15) is 17.6 Å². The van der Waals surface area contributed by atoms with E-state index in [4.69, 9.17) is 4.74 Å². The van der Waals surface area contributed by atoms with Gasteiger partial charge in [0.1, 0.15) is 12.1 Å². The van der Waals surface area contributed by atoms with Crippen molar-refractivity contribution in [2.45, 2.75) is 44.6 Å². The van der Waals surface area contributed by atoms with Gasteiger partial charge in [0, 0.05) is 49.8 Å². The molecule has 2 aliphatic rings. The third-order valence-corrected chi connectivity index (χ3v) is 8.17. The van der Waals surface area contributed by atoms with Crippen molar-refractivity contribution in [3.63, 3.8) is 0 Å². The van der Waals surface area contributed by atoms with Gasteiger partial charge >= 0.3 is 6.18 Å². The second-order valence-electron chi connectivity index (χ2n) is 9.97. The number of ether oxygens (including phenoxy) is 1. The molecule has 0 saturated carbocycles. The molecule has 2 saturated heterocycles. The molecule has 43 heavy (non-hydrogen) atoms. The van der Waals surface area contributed by atoms with Crippen molar-refractivity contribution >= 4 is 65.3 Å². The van der Waals surface area contributed by atoms with E-state index in [1.165, 1.54) is 17.7 Å². The minimum absolute atomic E-state index is 0. The molecule has 0 spiro atoms. The zero-order valence-corrected chi connectivity index (χ0v) is 26.6. The Bertz CT molecular complexity index is 1350. The Hall–Kier alpha value is -2.07. The van der Waals surface area contributed by atoms with Crippen LogP contribution in [-0.2, 0) is 17.5 Å². The van der Waals surface area contributed by atoms with Crippen molar-refractivity contribution in [2.24, 2.45) is 0 Å². The number of alkyl halides is 3. The standard InChI is InChI=1S/C26H30F5N7OS.3ClH/c1-15-4-3-6-37(15)12-20-22(16-8-17(26(29,30)31)10-18(27)9-16)35-25(40-20)36-23-21(28)24(34-14-33-23)38-7-5-32-11-19(38)13-39-2;;;/h8-10,14-15,19,32H,3-7,11-13H2,1-2H3,(H,33,34,35,36);3*1H/t15-,19+;;;/m1.../s1. The Morgan fingerprint density at radius 1 is 1.12 bits per heavy atom. The number of benzene rings is 1. The maximum absolute atomic E-state index is 15.7. The summed E-state index contributed by atoms with van der Waals surface area (Å²) in [5, 5.41) is 6.38. The number of hydrogen-bond acceptors (Lipinski definition) is 9. The van der Waals surface area contributed by atoms with Crippen molar-refractivity contribution in [3.8, 4) is 11.3 Å². The van der Waals surface area contributed by atoms with Crippen molar-refractivity contribution in [2.75, 3.05) is 50.1 Å². The first-order valence-electron chi connectivity index (χ1n) is 13.0. The lowest BCUT2D eigenvalue weighted by atomic mass is 10.1. The number of rotatable bonds is 8. The van der Waals surface area contributed by atoms with Crippen LogP contribution in [0.1, 0.15) is 30.2 Å². The quantitative estimate of drug-likeness (QED) is 0.266. The third-order valence-electron chi connectivity index (χ3n) is 7.21. The van der Waals surface area contributed by atoms with E-state index in [1.807, 2.05) is 4.90 Å². The van der Waals surface area contributed by atoms with E-state index in [-0.39, 0.29) is 77.3 Å². The second-order valence-corrected chi connectivity index (χ2v) is 11.1. The number of halogens is 8. The molecule has 1 aromatic carbocycles. The van der Waals surface area contributed by atoms with Crippen LogP contribution in [0.3, 0.4) is 0 Å². The number of likely N-dealkylation sites (tertiary alicyclic amines) is 1. The van der Waals surface area contributed by atoms with Crippen LogP contribution in [0, 0.1) is 11.6 Å². The van der Waals surface area contributed by atoms with Gasteiger partial charge in [-0.25, -0.2) is 19.3 Å². The topological polar surface area (TPSA) is 78.4 Å². The average molecular weight is 693 g/mol. The fourth-order valence-electron chi connectivity index (χ4n) is 5.17. The highest BCUT2D eigenvalue weighted by atomic mass is 35.5. The number of hydrogen-bond donors (Lipinski definition) is 2. The van der Waals surface area contributed by atoms with Gasteiger partial charge in [0.05, 0.1) is 23.9 Å². The highest BCUT2D eigenvalue weighted by molar-refractivity contribution is 7.16. The number of anilines is 3. The highest BCUT2D eigenvalue weighted by Crippen LogP contribution is 2.39. The van der Waals surface area contributed by atoms with Gasteiger partial charge in [-0.3, -0.25) is 4.90 Å². The van der Waals surface area contributed by atoms with E-state index >= 15 is 4.39 Å². The lowest BCUT2D eigenvalue weighted by Gasteiger charge is -2.36. The molecular weight excluding hydrogens is 660 g/mol. The summed E-state index contributed by atoms with van der Waals surface area (Å²) in [6, 6.07) is 2.54. The van der Waals surface area contributed by atoms with Gasteiger partial charge in [0.15, 0.2) is 16.8 Å². The predicted octanol–water partition coefficient (Wildman–Crippen LogP) is 6.32. The molecule has 0 amide bonds. The second kappa shape index (κ2) is 15.8. The van der Waals surface area contributed by atoms with Crippen molar-refractivity contribution in [1.29, 1.82) is 0 Å². The van der Waals surface area contributed by atoms with Crippen LogP contribution in [0.25, 0.3) is 11.3 Å². The number of methoxy groups -OCH3 is 1. The van der Waals surface area contributed by atoms with Crippen LogP contribution in [0.15, 0.2) is 24.5 Å². The lowest BCUT2D eigenvalue weighted by Crippen LogP contribution is -2.54. The Labute approximate surface area is 269 Å². The highest BCUT2D eigenvalue weighted by Gasteiger charge is 2.33. The Morgan fingerprint density at radius 2 is 1.88 bits per heavy atom. The zero-order chi connectivity index (χ0) is 28.4. The van der Waals surface area contributed by atoms with Gasteiger partial charge in [-0.1, -0.05) is 11.3 Å². The molecule has 2 fully saturated rings. The van der Waals surface area contributed by atoms with E-state index in [0.717, 1.165) is 31.5 Å². The molecular formula is C26H33Cl3F5N7OS. The summed E-state index contributed by atoms with van der Waals surface area (Å²) in [5.41, 5.74) is -0.877. The molecule has 2 aromatic heterocycles. The molecule has 5 rings (SSSR count). The normalized spacial score (nSPS) is 18.9. The summed E-state index contributed by atoms with van der Waals surface area (Å²) in [4.78, 5) is 17.4. The summed E-state index contributed by atoms with van der Waals surface area (Å²) in [6.07, 6.45) is -1.47. The monoisotopic (exact) mass is 691 g/mol. The number of piperazine rings is 1. The molecule has 0 bridgehead atoms. The summed E-state index contributed by atoms with van der Waals surface area (Å²) in [6.45, 7) is 5.47. The molecule has 3 aromatic rings. The SMILES string of the molecule is COC[C@@H]1CNCCN1c1ncnc(Nc2nc(-c3cc(F)cc(C(F)(F)F)c3)c(CN3CCC[C@H]3C)s2)c1F.Cl.Cl.Cl. The number of thiazole rings is 1. The zero-order valence-electron chi connectivity index (χ0n) is 23.3. The molecule has 8 nitrogen and oxygen atoms in total. The van der Waals surface area contributed by atoms with Gasteiger partial charge in [0.2, 0.25) is 5.82 Å². The first-order valence-corrected chi connectivity index (χ1v) is 13.8. The summed E-state index contributed by atoms with van der Waals surface area (Å²) >= 11 is 1.18. The maximum atomic E-state index is 15.7. The van der Waals surface area contributed by atoms with E-state index in [2.05, 4.69) is 37.4 Å². The molecule has 0 aliphatic carbocycles. The minimum Gasteiger partial charge on any atom is -0.383 e. The number of nitrogens with zero attached hydrogens (tertiary/aromatic N) is 5. The third kappa shape index (κ3) is 8.56. The van der Waals surface area contributed by atoms with Crippen LogP contribution in [0.2, 0.25) is 0 Å². The Morgan fingerprint density at radius 3 is 2.56 bits per heavy atom. The van der Waals surface area contributed by atoms with Gasteiger partial charge < -0.3 is 20.3 Å². The number of aromatic nitrogens is 3. The number of nitrogens with one attached hydrogen (secondary N) is 2. The van der Waals surface area contributed by atoms with Gasteiger partial charge in [-0.15, -0.1) is 37.2 Å². The smallest absolute Gasteiger partial charge is 0.383 e. The van der Waals surface area contributed by atoms with E-state index in [0.29, 0.717) is 43.7 Å².